The normalized spacial score (nSPS) is 15.7. The highest BCUT2D eigenvalue weighted by molar-refractivity contribution is 5.94. The molecule has 0 spiro atoms. The van der Waals surface area contributed by atoms with Gasteiger partial charge in [0.1, 0.15) is 18.1 Å². The van der Waals surface area contributed by atoms with Crippen LogP contribution in [0.5, 0.6) is 0 Å². The van der Waals surface area contributed by atoms with Crippen LogP contribution in [0.4, 0.5) is 0 Å². The first-order valence-electron chi connectivity index (χ1n) is 9.67. The molecule has 6 N–H and O–H groups in total. The fourth-order valence-corrected chi connectivity index (χ4v) is 2.43. The van der Waals surface area contributed by atoms with E-state index in [2.05, 4.69) is 16.0 Å². The molecule has 0 saturated heterocycles. The van der Waals surface area contributed by atoms with Gasteiger partial charge in [0.05, 0.1) is 6.04 Å². The Morgan fingerprint density at radius 3 is 1.71 bits per heavy atom. The van der Waals surface area contributed by atoms with Crippen molar-refractivity contribution in [1.29, 1.82) is 0 Å². The van der Waals surface area contributed by atoms with Gasteiger partial charge in [0, 0.05) is 0 Å². The van der Waals surface area contributed by atoms with Crippen molar-refractivity contribution in [2.45, 2.75) is 79.1 Å². The summed E-state index contributed by atoms with van der Waals surface area (Å²) in [6, 6.07) is -3.60. The molecule has 0 rings (SSSR count). The van der Waals surface area contributed by atoms with Gasteiger partial charge in [-0.25, -0.2) is 0 Å². The van der Waals surface area contributed by atoms with Crippen molar-refractivity contribution in [3.63, 3.8) is 0 Å². The topological polar surface area (TPSA) is 151 Å². The third-order valence-corrected chi connectivity index (χ3v) is 4.34. The maximum absolute atomic E-state index is 12.8. The minimum absolute atomic E-state index is 0.0885. The van der Waals surface area contributed by atoms with Crippen molar-refractivity contribution in [3.05, 3.63) is 0 Å². The van der Waals surface area contributed by atoms with Crippen LogP contribution >= 0.6 is 0 Å². The Kier molecular flexibility index (Phi) is 10.7. The summed E-state index contributed by atoms with van der Waals surface area (Å²) in [5, 5.41) is 16.6. The highest BCUT2D eigenvalue weighted by Gasteiger charge is 2.31. The van der Waals surface area contributed by atoms with E-state index in [1.807, 2.05) is 27.7 Å². The van der Waals surface area contributed by atoms with Gasteiger partial charge in [0.15, 0.2) is 0 Å². The first-order chi connectivity index (χ1) is 12.8. The standard InChI is InChI=1S/C19H36N4O5/c1-9(2)8-13(22-17(25)14(20)10(3)4)16(24)23-15(11(5)6)18(26)21-12(7)19(27)28/h9-15H,8,20H2,1-7H3,(H,21,26)(H,22,25)(H,23,24)(H,27,28). The van der Waals surface area contributed by atoms with Crippen LogP contribution in [0.3, 0.4) is 0 Å². The number of amides is 3. The van der Waals surface area contributed by atoms with Gasteiger partial charge in [-0.1, -0.05) is 41.5 Å². The Morgan fingerprint density at radius 2 is 1.32 bits per heavy atom. The first-order valence-corrected chi connectivity index (χ1v) is 9.67. The second-order valence-corrected chi connectivity index (χ2v) is 8.26. The molecule has 0 heterocycles. The van der Waals surface area contributed by atoms with E-state index in [9.17, 15) is 19.2 Å². The highest BCUT2D eigenvalue weighted by atomic mass is 16.4. The summed E-state index contributed by atoms with van der Waals surface area (Å²) in [5.41, 5.74) is 5.86. The zero-order valence-corrected chi connectivity index (χ0v) is 17.9. The van der Waals surface area contributed by atoms with Crippen LogP contribution in [0.15, 0.2) is 0 Å². The predicted molar refractivity (Wildman–Crippen MR) is 106 cm³/mol. The van der Waals surface area contributed by atoms with Gasteiger partial charge in [-0.3, -0.25) is 19.2 Å². The molecule has 0 aromatic heterocycles. The lowest BCUT2D eigenvalue weighted by atomic mass is 9.98. The third kappa shape index (κ3) is 8.69. The second kappa shape index (κ2) is 11.6. The number of nitrogens with one attached hydrogen (secondary N) is 3. The molecule has 9 nitrogen and oxygen atoms in total. The number of nitrogens with two attached hydrogens (primary N) is 1. The summed E-state index contributed by atoms with van der Waals surface area (Å²) in [6.07, 6.45) is 0.375. The van der Waals surface area contributed by atoms with E-state index in [-0.39, 0.29) is 17.8 Å². The van der Waals surface area contributed by atoms with Gasteiger partial charge in [-0.2, -0.15) is 0 Å². The Bertz CT molecular complexity index is 563. The van der Waals surface area contributed by atoms with E-state index >= 15 is 0 Å². The van der Waals surface area contributed by atoms with Crippen LogP contribution in [-0.2, 0) is 19.2 Å². The van der Waals surface area contributed by atoms with Crippen molar-refractivity contribution >= 4 is 23.7 Å². The average molecular weight is 401 g/mol. The summed E-state index contributed by atoms with van der Waals surface area (Å²) in [6.45, 7) is 12.3. The molecule has 4 unspecified atom stereocenters. The molecule has 9 heteroatoms. The van der Waals surface area contributed by atoms with E-state index in [0.29, 0.717) is 6.42 Å². The molecule has 0 aromatic carbocycles. The first kappa shape index (κ1) is 25.8. The van der Waals surface area contributed by atoms with Crippen molar-refractivity contribution < 1.29 is 24.3 Å². The smallest absolute Gasteiger partial charge is 0.325 e. The number of carboxylic acid groups (broad SMARTS) is 1. The lowest BCUT2D eigenvalue weighted by Gasteiger charge is -2.27. The largest absolute Gasteiger partial charge is 0.480 e. The van der Waals surface area contributed by atoms with Crippen LogP contribution < -0.4 is 21.7 Å². The fourth-order valence-electron chi connectivity index (χ4n) is 2.43. The fraction of sp³-hybridized carbons (Fsp3) is 0.789. The predicted octanol–water partition coefficient (Wildman–Crippen LogP) is 0.231. The van der Waals surface area contributed by atoms with Crippen LogP contribution in [0, 0.1) is 17.8 Å². The molecule has 0 fully saturated rings. The minimum Gasteiger partial charge on any atom is -0.480 e. The molecular formula is C19H36N4O5. The zero-order valence-electron chi connectivity index (χ0n) is 17.9. The Labute approximate surface area is 167 Å². The number of carbonyl (C=O) groups is 4. The molecular weight excluding hydrogens is 364 g/mol. The number of carbonyl (C=O) groups excluding carboxylic acids is 3. The number of rotatable bonds is 11. The monoisotopic (exact) mass is 400 g/mol. The maximum atomic E-state index is 12.8. The van der Waals surface area contributed by atoms with Gasteiger partial charge in [0.2, 0.25) is 17.7 Å². The molecule has 3 amide bonds. The molecule has 0 aromatic rings. The van der Waals surface area contributed by atoms with Gasteiger partial charge in [-0.15, -0.1) is 0 Å². The molecule has 0 bridgehead atoms. The van der Waals surface area contributed by atoms with Crippen LogP contribution in [-0.4, -0.2) is 53.0 Å². The van der Waals surface area contributed by atoms with E-state index in [0.717, 1.165) is 0 Å². The summed E-state index contributed by atoms with van der Waals surface area (Å²) in [7, 11) is 0. The average Bonchev–Trinajstić information content (AvgIpc) is 2.56. The van der Waals surface area contributed by atoms with Crippen LogP contribution in [0.2, 0.25) is 0 Å². The van der Waals surface area contributed by atoms with Gasteiger partial charge < -0.3 is 26.8 Å². The summed E-state index contributed by atoms with van der Waals surface area (Å²) in [4.78, 5) is 48.4. The van der Waals surface area contributed by atoms with Gasteiger partial charge in [-0.05, 0) is 31.1 Å². The van der Waals surface area contributed by atoms with E-state index < -0.39 is 47.9 Å². The van der Waals surface area contributed by atoms with Gasteiger partial charge >= 0.3 is 5.97 Å². The van der Waals surface area contributed by atoms with E-state index in [1.165, 1.54) is 6.92 Å². The molecule has 0 aliphatic rings. The van der Waals surface area contributed by atoms with Crippen molar-refractivity contribution in [2.75, 3.05) is 0 Å². The Balaban J connectivity index is 5.29. The molecule has 0 aliphatic heterocycles. The number of hydrogen-bond acceptors (Lipinski definition) is 5. The summed E-state index contributed by atoms with van der Waals surface area (Å²) in [5.74, 6) is -2.95. The Hall–Kier alpha value is -2.16. The maximum Gasteiger partial charge on any atom is 0.325 e. The van der Waals surface area contributed by atoms with Crippen molar-refractivity contribution in [3.8, 4) is 0 Å². The number of hydrogen-bond donors (Lipinski definition) is 5. The summed E-state index contributed by atoms with van der Waals surface area (Å²) < 4.78 is 0. The zero-order chi connectivity index (χ0) is 22.2. The summed E-state index contributed by atoms with van der Waals surface area (Å²) >= 11 is 0. The molecule has 0 saturated carbocycles. The number of aliphatic carboxylic acids is 1. The van der Waals surface area contributed by atoms with Crippen LogP contribution in [0.25, 0.3) is 0 Å². The number of carboxylic acids is 1. The highest BCUT2D eigenvalue weighted by Crippen LogP contribution is 2.09. The molecule has 0 aliphatic carbocycles. The van der Waals surface area contributed by atoms with Gasteiger partial charge in [0.25, 0.3) is 0 Å². The van der Waals surface area contributed by atoms with Crippen LogP contribution in [0.1, 0.15) is 54.9 Å². The Morgan fingerprint density at radius 1 is 0.786 bits per heavy atom. The lowest BCUT2D eigenvalue weighted by Crippen LogP contribution is -2.58. The van der Waals surface area contributed by atoms with E-state index in [4.69, 9.17) is 10.8 Å². The lowest BCUT2D eigenvalue weighted by molar-refractivity contribution is -0.142. The van der Waals surface area contributed by atoms with Crippen molar-refractivity contribution in [2.24, 2.45) is 23.5 Å². The molecule has 0 radical (unpaired) electrons. The quantitative estimate of drug-likeness (QED) is 0.335. The molecule has 28 heavy (non-hydrogen) atoms. The SMILES string of the molecule is CC(C)CC(NC(=O)C(N)C(C)C)C(=O)NC(C(=O)NC(C)C(=O)O)C(C)C. The van der Waals surface area contributed by atoms with Crippen molar-refractivity contribution in [1.82, 2.24) is 16.0 Å². The molecule has 4 atom stereocenters. The molecule has 162 valence electrons. The second-order valence-electron chi connectivity index (χ2n) is 8.26. The van der Waals surface area contributed by atoms with E-state index in [1.54, 1.807) is 13.8 Å². The third-order valence-electron chi connectivity index (χ3n) is 4.34. The minimum atomic E-state index is -1.17.